The van der Waals surface area contributed by atoms with Gasteiger partial charge in [0.25, 0.3) is 0 Å². The van der Waals surface area contributed by atoms with Crippen LogP contribution in [0.2, 0.25) is 0 Å². The molecule has 0 heterocycles. The minimum Gasteiger partial charge on any atom is -0.373 e. The van der Waals surface area contributed by atoms with Gasteiger partial charge in [0, 0.05) is 17.7 Å². The highest BCUT2D eigenvalue weighted by atomic mass is 19.1. The molecular weight excluding hydrogens is 203 g/mol. The van der Waals surface area contributed by atoms with Crippen molar-refractivity contribution in [1.29, 1.82) is 0 Å². The summed E-state index contributed by atoms with van der Waals surface area (Å²) in [7, 11) is 4.05. The Labute approximate surface area is 95.8 Å². The summed E-state index contributed by atoms with van der Waals surface area (Å²) in [5, 5.41) is 3.40. The second-order valence-electron chi connectivity index (χ2n) is 4.44. The molecule has 0 saturated heterocycles. The topological polar surface area (TPSA) is 15.3 Å². The van der Waals surface area contributed by atoms with E-state index < -0.39 is 0 Å². The fraction of sp³-hybridized carbons (Fsp3) is 0.385. The third-order valence-electron chi connectivity index (χ3n) is 3.04. The number of fused-ring (bicyclic) bond motifs is 1. The lowest BCUT2D eigenvalue weighted by atomic mass is 9.98. The van der Waals surface area contributed by atoms with Crippen LogP contribution < -0.4 is 5.32 Å². The van der Waals surface area contributed by atoms with E-state index in [-0.39, 0.29) is 12.0 Å². The number of nitrogens with zero attached hydrogens (tertiary/aromatic N) is 1. The lowest BCUT2D eigenvalue weighted by Crippen LogP contribution is -2.38. The van der Waals surface area contributed by atoms with Crippen LogP contribution in [0.25, 0.3) is 0 Å². The molecular formula is C13H17FN2. The predicted molar refractivity (Wildman–Crippen MR) is 64.3 cm³/mol. The van der Waals surface area contributed by atoms with Crippen molar-refractivity contribution in [2.24, 2.45) is 0 Å². The van der Waals surface area contributed by atoms with Crippen LogP contribution in [0.3, 0.4) is 0 Å². The van der Waals surface area contributed by atoms with Crippen LogP contribution in [-0.2, 0) is 0 Å². The summed E-state index contributed by atoms with van der Waals surface area (Å²) in [6.07, 6.45) is 8.27. The molecule has 3 heteroatoms. The van der Waals surface area contributed by atoms with Crippen LogP contribution in [0.1, 0.15) is 13.3 Å². The van der Waals surface area contributed by atoms with Crippen molar-refractivity contribution in [2.45, 2.75) is 19.5 Å². The van der Waals surface area contributed by atoms with Crippen molar-refractivity contribution in [2.75, 3.05) is 14.1 Å². The molecule has 0 saturated carbocycles. The first kappa shape index (κ1) is 11.1. The highest BCUT2D eigenvalue weighted by molar-refractivity contribution is 5.57. The summed E-state index contributed by atoms with van der Waals surface area (Å²) in [4.78, 5) is 2.10. The van der Waals surface area contributed by atoms with E-state index in [1.807, 2.05) is 32.3 Å². The number of hydrogen-bond acceptors (Lipinski definition) is 2. The summed E-state index contributed by atoms with van der Waals surface area (Å²) in [5.74, 6) is -0.119. The van der Waals surface area contributed by atoms with Crippen molar-refractivity contribution in [3.8, 4) is 0 Å². The zero-order valence-corrected chi connectivity index (χ0v) is 9.92. The van der Waals surface area contributed by atoms with Crippen LogP contribution in [0.15, 0.2) is 47.0 Å². The van der Waals surface area contributed by atoms with Crippen LogP contribution in [0.5, 0.6) is 0 Å². The second-order valence-corrected chi connectivity index (χ2v) is 4.44. The first-order valence-corrected chi connectivity index (χ1v) is 5.49. The minimum absolute atomic E-state index is 0.119. The van der Waals surface area contributed by atoms with Gasteiger partial charge in [-0.1, -0.05) is 12.2 Å². The van der Waals surface area contributed by atoms with Crippen molar-refractivity contribution in [3.05, 3.63) is 47.0 Å². The van der Waals surface area contributed by atoms with Gasteiger partial charge in [0.1, 0.15) is 5.83 Å². The van der Waals surface area contributed by atoms with Gasteiger partial charge in [-0.3, -0.25) is 4.90 Å². The molecule has 0 radical (unpaired) electrons. The fourth-order valence-corrected chi connectivity index (χ4v) is 1.79. The van der Waals surface area contributed by atoms with E-state index in [9.17, 15) is 4.39 Å². The molecule has 2 aliphatic rings. The van der Waals surface area contributed by atoms with Crippen molar-refractivity contribution in [3.63, 3.8) is 0 Å². The van der Waals surface area contributed by atoms with Gasteiger partial charge in [-0.15, -0.1) is 0 Å². The second kappa shape index (κ2) is 4.26. The van der Waals surface area contributed by atoms with Crippen molar-refractivity contribution >= 4 is 0 Å². The third kappa shape index (κ3) is 2.09. The van der Waals surface area contributed by atoms with Gasteiger partial charge in [0.05, 0.1) is 6.17 Å². The van der Waals surface area contributed by atoms with E-state index in [1.165, 1.54) is 6.08 Å². The van der Waals surface area contributed by atoms with Gasteiger partial charge < -0.3 is 5.32 Å². The Balaban J connectivity index is 2.06. The Morgan fingerprint density at radius 3 is 2.69 bits per heavy atom. The third-order valence-corrected chi connectivity index (χ3v) is 3.04. The fourth-order valence-electron chi connectivity index (χ4n) is 1.79. The molecule has 0 aromatic rings. The summed E-state index contributed by atoms with van der Waals surface area (Å²) in [6, 6.07) is 0. The molecule has 16 heavy (non-hydrogen) atoms. The van der Waals surface area contributed by atoms with E-state index in [0.29, 0.717) is 0 Å². The SMILES string of the molecule is CC(NC1=CC=C2C(F)=CC=C2C1)N(C)C. The molecule has 0 spiro atoms. The Hall–Kier alpha value is -1.35. The number of allylic oxidation sites excluding steroid dienone is 7. The summed E-state index contributed by atoms with van der Waals surface area (Å²) < 4.78 is 13.3. The van der Waals surface area contributed by atoms with Crippen LogP contribution in [0.4, 0.5) is 4.39 Å². The first-order valence-electron chi connectivity index (χ1n) is 5.49. The largest absolute Gasteiger partial charge is 0.373 e. The summed E-state index contributed by atoms with van der Waals surface area (Å²) in [5.41, 5.74) is 2.94. The Morgan fingerprint density at radius 2 is 2.00 bits per heavy atom. The molecule has 1 N–H and O–H groups in total. The first-order chi connectivity index (χ1) is 7.58. The average Bonchev–Trinajstić information content (AvgIpc) is 2.60. The van der Waals surface area contributed by atoms with E-state index in [0.717, 1.165) is 23.3 Å². The van der Waals surface area contributed by atoms with Crippen molar-refractivity contribution in [1.82, 2.24) is 10.2 Å². The Bertz CT molecular complexity index is 414. The Kier molecular flexibility index (Phi) is 2.97. The molecule has 1 atom stereocenters. The zero-order chi connectivity index (χ0) is 11.7. The molecule has 1 unspecified atom stereocenters. The number of rotatable bonds is 3. The maximum absolute atomic E-state index is 13.3. The standard InChI is InChI=1S/C13H17FN2/c1-9(16(2)3)15-11-5-6-12-10(8-11)4-7-13(12)14/h4-7,9,15H,8H2,1-3H3. The maximum Gasteiger partial charge on any atom is 0.130 e. The van der Waals surface area contributed by atoms with Crippen molar-refractivity contribution < 1.29 is 4.39 Å². The van der Waals surface area contributed by atoms with E-state index >= 15 is 0 Å². The molecule has 2 aliphatic carbocycles. The molecule has 0 amide bonds. The van der Waals surface area contributed by atoms with Crippen LogP contribution in [0, 0.1) is 0 Å². The predicted octanol–water partition coefficient (Wildman–Crippen LogP) is 2.49. The molecule has 0 bridgehead atoms. The molecule has 0 aliphatic heterocycles. The molecule has 2 nitrogen and oxygen atoms in total. The molecule has 0 aromatic carbocycles. The van der Waals surface area contributed by atoms with E-state index in [4.69, 9.17) is 0 Å². The average molecular weight is 220 g/mol. The van der Waals surface area contributed by atoms with E-state index in [2.05, 4.69) is 17.1 Å². The van der Waals surface area contributed by atoms with Gasteiger partial charge in [-0.2, -0.15) is 0 Å². The molecule has 0 fully saturated rings. The molecule has 0 aromatic heterocycles. The lowest BCUT2D eigenvalue weighted by molar-refractivity contribution is 0.281. The van der Waals surface area contributed by atoms with Crippen LogP contribution in [-0.4, -0.2) is 25.2 Å². The highest BCUT2D eigenvalue weighted by Gasteiger charge is 2.20. The van der Waals surface area contributed by atoms with Crippen LogP contribution >= 0.6 is 0 Å². The highest BCUT2D eigenvalue weighted by Crippen LogP contribution is 2.33. The molecule has 86 valence electrons. The van der Waals surface area contributed by atoms with Gasteiger partial charge in [0.15, 0.2) is 0 Å². The van der Waals surface area contributed by atoms with E-state index in [1.54, 1.807) is 0 Å². The zero-order valence-electron chi connectivity index (χ0n) is 9.92. The monoisotopic (exact) mass is 220 g/mol. The number of nitrogens with one attached hydrogen (secondary N) is 1. The number of hydrogen-bond donors (Lipinski definition) is 1. The normalized spacial score (nSPS) is 20.8. The minimum atomic E-state index is -0.119. The summed E-state index contributed by atoms with van der Waals surface area (Å²) >= 11 is 0. The smallest absolute Gasteiger partial charge is 0.130 e. The number of halogens is 1. The van der Waals surface area contributed by atoms with Gasteiger partial charge >= 0.3 is 0 Å². The molecule has 2 rings (SSSR count). The summed E-state index contributed by atoms with van der Waals surface area (Å²) in [6.45, 7) is 2.10. The quantitative estimate of drug-likeness (QED) is 0.735. The lowest BCUT2D eigenvalue weighted by Gasteiger charge is -2.25. The van der Waals surface area contributed by atoms with Gasteiger partial charge in [-0.05, 0) is 38.7 Å². The van der Waals surface area contributed by atoms with Gasteiger partial charge in [-0.25, -0.2) is 4.39 Å². The Morgan fingerprint density at radius 1 is 1.25 bits per heavy atom. The maximum atomic E-state index is 13.3. The van der Waals surface area contributed by atoms with Gasteiger partial charge in [0.2, 0.25) is 0 Å².